The van der Waals surface area contributed by atoms with Crippen LogP contribution < -0.4 is 0 Å². The Labute approximate surface area is 112 Å². The van der Waals surface area contributed by atoms with Crippen molar-refractivity contribution in [3.8, 4) is 0 Å². The lowest BCUT2D eigenvalue weighted by atomic mass is 10.1. The lowest BCUT2D eigenvalue weighted by Gasteiger charge is -2.24. The molecule has 10 heteroatoms. The average molecular weight is 335 g/mol. The highest BCUT2D eigenvalue weighted by Gasteiger charge is 2.66. The van der Waals surface area contributed by atoms with Gasteiger partial charge in [0.15, 0.2) is 0 Å². The molecule has 0 radical (unpaired) electrons. The smallest absolute Gasteiger partial charge is 0.253 e. The van der Waals surface area contributed by atoms with Crippen molar-refractivity contribution in [1.29, 1.82) is 0 Å². The Morgan fingerprint density at radius 1 is 1.26 bits per heavy atom. The van der Waals surface area contributed by atoms with Gasteiger partial charge in [0.1, 0.15) is 4.36 Å². The first kappa shape index (κ1) is 18.7. The van der Waals surface area contributed by atoms with Gasteiger partial charge in [-0.3, -0.25) is 4.21 Å². The van der Waals surface area contributed by atoms with Gasteiger partial charge in [-0.25, -0.2) is 13.2 Å². The number of allylic oxidation sites excluding steroid dienone is 1. The maximum Gasteiger partial charge on any atom is 0.376 e. The van der Waals surface area contributed by atoms with Gasteiger partial charge in [0, 0.05) is 5.75 Å². The summed E-state index contributed by atoms with van der Waals surface area (Å²) in [5.41, 5.74) is 0. The Morgan fingerprint density at radius 2 is 1.74 bits per heavy atom. The summed E-state index contributed by atoms with van der Waals surface area (Å²) < 4.78 is 97.1. The van der Waals surface area contributed by atoms with Gasteiger partial charge in [0.25, 0.3) is 0 Å². The van der Waals surface area contributed by atoms with E-state index < -0.39 is 39.3 Å². The van der Waals surface area contributed by atoms with Crippen LogP contribution in [0, 0.1) is 0 Å². The van der Waals surface area contributed by atoms with Crippen molar-refractivity contribution in [3.63, 3.8) is 0 Å². The summed E-state index contributed by atoms with van der Waals surface area (Å²) in [6.07, 6.45) is -4.10. The van der Waals surface area contributed by atoms with E-state index >= 15 is 0 Å². The summed E-state index contributed by atoms with van der Waals surface area (Å²) in [5, 5.41) is 0. The summed E-state index contributed by atoms with van der Waals surface area (Å²) in [6, 6.07) is 0. The fraction of sp³-hybridized carbons (Fsp3) is 0.778. The zero-order chi connectivity index (χ0) is 15.4. The summed E-state index contributed by atoms with van der Waals surface area (Å²) in [5.74, 6) is -15.1. The van der Waals surface area contributed by atoms with Gasteiger partial charge >= 0.3 is 18.3 Å². The van der Waals surface area contributed by atoms with Gasteiger partial charge < -0.3 is 0 Å². The molecule has 0 aromatic carbocycles. The molecule has 0 saturated heterocycles. The monoisotopic (exact) mass is 334 g/mol. The zero-order valence-electron chi connectivity index (χ0n) is 9.54. The molecule has 0 N–H and O–H groups in total. The second-order valence-corrected chi connectivity index (χ2v) is 5.60. The molecule has 114 valence electrons. The van der Waals surface area contributed by atoms with Gasteiger partial charge in [-0.1, -0.05) is 24.9 Å². The summed E-state index contributed by atoms with van der Waals surface area (Å²) in [7, 11) is -2.48. The minimum absolute atomic E-state index is 0.215. The second kappa shape index (κ2) is 6.92. The molecule has 0 fully saturated rings. The molecular formula is C9H10ClF7OS. The van der Waals surface area contributed by atoms with Crippen LogP contribution in [0.4, 0.5) is 30.7 Å². The number of unbranched alkanes of at least 4 members (excludes halogenated alkanes) is 1. The molecule has 0 aliphatic rings. The summed E-state index contributed by atoms with van der Waals surface area (Å²) in [6.45, 7) is 1.64. The molecule has 0 aliphatic heterocycles. The van der Waals surface area contributed by atoms with Gasteiger partial charge in [-0.05, 0) is 6.42 Å². The van der Waals surface area contributed by atoms with Gasteiger partial charge in [0.2, 0.25) is 5.83 Å². The molecule has 1 unspecified atom stereocenters. The highest BCUT2D eigenvalue weighted by Crippen LogP contribution is 2.46. The first-order valence-electron chi connectivity index (χ1n) is 4.98. The number of hydrogen-bond acceptors (Lipinski definition) is 1. The molecule has 0 aromatic rings. The van der Waals surface area contributed by atoms with Crippen LogP contribution in [0.25, 0.3) is 0 Å². The topological polar surface area (TPSA) is 17.1 Å². The van der Waals surface area contributed by atoms with E-state index in [2.05, 4.69) is 0 Å². The van der Waals surface area contributed by atoms with E-state index in [1.165, 1.54) is 0 Å². The number of rotatable bonds is 7. The van der Waals surface area contributed by atoms with Crippen molar-refractivity contribution in [2.24, 2.45) is 0 Å². The average Bonchev–Trinajstić information content (AvgIpc) is 2.33. The van der Waals surface area contributed by atoms with Gasteiger partial charge in [-0.15, -0.1) is 0 Å². The highest BCUT2D eigenvalue weighted by atomic mass is 35.5. The fourth-order valence-electron chi connectivity index (χ4n) is 0.872. The summed E-state index contributed by atoms with van der Waals surface area (Å²) >= 11 is 4.96. The molecule has 0 rings (SSSR count). The second-order valence-electron chi connectivity index (χ2n) is 3.49. The van der Waals surface area contributed by atoms with Crippen LogP contribution in [0.5, 0.6) is 0 Å². The van der Waals surface area contributed by atoms with Crippen LogP contribution in [0.3, 0.4) is 0 Å². The van der Waals surface area contributed by atoms with Crippen LogP contribution >= 0.6 is 11.6 Å². The number of alkyl halides is 6. The molecule has 0 amide bonds. The highest BCUT2D eigenvalue weighted by molar-refractivity contribution is 7.90. The van der Waals surface area contributed by atoms with Crippen LogP contribution in [-0.2, 0) is 10.8 Å². The third-order valence-corrected chi connectivity index (χ3v) is 3.94. The van der Waals surface area contributed by atoms with Crippen molar-refractivity contribution in [2.45, 2.75) is 38.0 Å². The van der Waals surface area contributed by atoms with E-state index in [4.69, 9.17) is 11.6 Å². The zero-order valence-corrected chi connectivity index (χ0v) is 11.1. The van der Waals surface area contributed by atoms with Crippen molar-refractivity contribution in [3.05, 3.63) is 10.2 Å². The number of hydrogen-bond donors (Lipinski definition) is 0. The summed E-state index contributed by atoms with van der Waals surface area (Å²) in [4.78, 5) is 0. The molecule has 0 heterocycles. The molecule has 1 atom stereocenters. The molecular weight excluding hydrogens is 325 g/mol. The first-order valence-corrected chi connectivity index (χ1v) is 6.67. The lowest BCUT2D eigenvalue weighted by molar-refractivity contribution is -0.252. The minimum Gasteiger partial charge on any atom is -0.253 e. The van der Waals surface area contributed by atoms with Crippen molar-refractivity contribution < 1.29 is 34.9 Å². The lowest BCUT2D eigenvalue weighted by Crippen LogP contribution is -2.47. The standard InChI is InChI=1S/C9H10ClF7OS/c1-2-3-4-19(18)6(10)5(11)8(14,15)9(16,17)7(12)13/h7H,2-4H2,1H3/b6-5-. The maximum atomic E-state index is 13.1. The number of halogens is 8. The minimum atomic E-state index is -5.94. The molecule has 0 spiro atoms. The quantitative estimate of drug-likeness (QED) is 0.629. The van der Waals surface area contributed by atoms with Crippen molar-refractivity contribution >= 4 is 22.4 Å². The molecule has 0 bridgehead atoms. The van der Waals surface area contributed by atoms with E-state index in [1.54, 1.807) is 6.92 Å². The molecule has 0 aromatic heterocycles. The predicted octanol–water partition coefficient (Wildman–Crippen LogP) is 4.45. The predicted molar refractivity (Wildman–Crippen MR) is 57.8 cm³/mol. The maximum absolute atomic E-state index is 13.1. The van der Waals surface area contributed by atoms with Gasteiger partial charge in [-0.2, -0.15) is 17.6 Å². The third-order valence-electron chi connectivity index (χ3n) is 2.02. The molecule has 0 saturated carbocycles. The van der Waals surface area contributed by atoms with E-state index in [9.17, 15) is 34.9 Å². The van der Waals surface area contributed by atoms with Crippen molar-refractivity contribution in [1.82, 2.24) is 0 Å². The van der Waals surface area contributed by atoms with E-state index in [0.29, 0.717) is 6.42 Å². The van der Waals surface area contributed by atoms with Crippen LogP contribution in [0.15, 0.2) is 10.2 Å². The Hall–Kier alpha value is -0.310. The normalized spacial score (nSPS) is 16.5. The van der Waals surface area contributed by atoms with Crippen LogP contribution in [0.1, 0.15) is 19.8 Å². The Morgan fingerprint density at radius 3 is 2.11 bits per heavy atom. The SMILES string of the molecule is CCCCS(=O)/C(Cl)=C(\F)C(F)(F)C(F)(F)C(F)F. The molecule has 19 heavy (non-hydrogen) atoms. The van der Waals surface area contributed by atoms with E-state index in [1.807, 2.05) is 0 Å². The Balaban J connectivity index is 5.36. The largest absolute Gasteiger partial charge is 0.376 e. The van der Waals surface area contributed by atoms with Crippen molar-refractivity contribution in [2.75, 3.05) is 5.75 Å². The van der Waals surface area contributed by atoms with E-state index in [-0.39, 0.29) is 12.2 Å². The Kier molecular flexibility index (Phi) is 6.80. The fourth-order valence-corrected chi connectivity index (χ4v) is 2.28. The van der Waals surface area contributed by atoms with E-state index in [0.717, 1.165) is 0 Å². The third kappa shape index (κ3) is 4.08. The first-order chi connectivity index (χ1) is 8.50. The molecule has 0 aliphatic carbocycles. The Bertz CT molecular complexity index is 370. The van der Waals surface area contributed by atoms with Crippen LogP contribution in [0.2, 0.25) is 0 Å². The molecule has 1 nitrogen and oxygen atoms in total. The van der Waals surface area contributed by atoms with Gasteiger partial charge in [0.05, 0.1) is 10.8 Å². The van der Waals surface area contributed by atoms with Crippen LogP contribution in [-0.4, -0.2) is 28.2 Å².